The largest absolute Gasteiger partial charge is 0.345 e. The molecule has 0 saturated heterocycles. The second-order valence-electron chi connectivity index (χ2n) is 4.57. The number of amides is 1. The molecule has 4 heteroatoms. The number of aryl methyl sites for hydroxylation is 1. The second kappa shape index (κ2) is 9.09. The quantitative estimate of drug-likeness (QED) is 0.453. The number of hydrogen-bond donors (Lipinski definition) is 1. The Balaban J connectivity index is 2.08. The molecule has 0 saturated carbocycles. The van der Waals surface area contributed by atoms with Crippen molar-refractivity contribution in [3.05, 3.63) is 45.6 Å². The zero-order valence-corrected chi connectivity index (χ0v) is 13.7. The summed E-state index contributed by atoms with van der Waals surface area (Å²) in [5.74, 6) is 0.0284. The Kier molecular flexibility index (Phi) is 7.74. The Morgan fingerprint density at radius 1 is 1.32 bits per heavy atom. The molecule has 0 heterocycles. The van der Waals surface area contributed by atoms with E-state index in [2.05, 4.69) is 52.2 Å². The standard InChI is InChI=1S/C15H21IN2O/c1-18(2)15(19)6-4-12-17-11-3-5-13-7-9-14(16)10-8-13/h4,6-10,17H,3,5,11-12H2,1-2H3. The van der Waals surface area contributed by atoms with E-state index in [4.69, 9.17) is 0 Å². The van der Waals surface area contributed by atoms with Gasteiger partial charge >= 0.3 is 0 Å². The highest BCUT2D eigenvalue weighted by Gasteiger charge is 1.96. The maximum absolute atomic E-state index is 11.3. The highest BCUT2D eigenvalue weighted by Crippen LogP contribution is 2.08. The summed E-state index contributed by atoms with van der Waals surface area (Å²) in [6.07, 6.45) is 5.67. The number of halogens is 1. The topological polar surface area (TPSA) is 32.3 Å². The summed E-state index contributed by atoms with van der Waals surface area (Å²) in [4.78, 5) is 12.8. The molecule has 1 rings (SSSR count). The molecular formula is C15H21IN2O. The number of hydrogen-bond acceptors (Lipinski definition) is 2. The molecule has 1 amide bonds. The number of rotatable bonds is 7. The molecule has 1 aromatic carbocycles. The molecule has 0 aliphatic rings. The van der Waals surface area contributed by atoms with Crippen molar-refractivity contribution < 1.29 is 4.79 Å². The van der Waals surface area contributed by atoms with Gasteiger partial charge in [0.25, 0.3) is 0 Å². The van der Waals surface area contributed by atoms with Gasteiger partial charge in [-0.25, -0.2) is 0 Å². The lowest BCUT2D eigenvalue weighted by Gasteiger charge is -2.05. The lowest BCUT2D eigenvalue weighted by molar-refractivity contribution is -0.123. The number of benzene rings is 1. The highest BCUT2D eigenvalue weighted by molar-refractivity contribution is 14.1. The van der Waals surface area contributed by atoms with E-state index in [0.29, 0.717) is 0 Å². The first-order valence-corrected chi connectivity index (χ1v) is 7.50. The van der Waals surface area contributed by atoms with Crippen molar-refractivity contribution in [2.24, 2.45) is 0 Å². The third kappa shape index (κ3) is 7.32. The molecule has 0 spiro atoms. The first-order valence-electron chi connectivity index (χ1n) is 6.42. The van der Waals surface area contributed by atoms with E-state index in [9.17, 15) is 4.79 Å². The minimum Gasteiger partial charge on any atom is -0.345 e. The third-order valence-corrected chi connectivity index (χ3v) is 3.41. The lowest BCUT2D eigenvalue weighted by Crippen LogP contribution is -2.20. The maximum Gasteiger partial charge on any atom is 0.245 e. The lowest BCUT2D eigenvalue weighted by atomic mass is 10.1. The van der Waals surface area contributed by atoms with Crippen molar-refractivity contribution in [3.63, 3.8) is 0 Å². The smallest absolute Gasteiger partial charge is 0.245 e. The van der Waals surface area contributed by atoms with Gasteiger partial charge in [0.05, 0.1) is 0 Å². The molecular weight excluding hydrogens is 351 g/mol. The van der Waals surface area contributed by atoms with Crippen molar-refractivity contribution in [1.82, 2.24) is 10.2 Å². The van der Waals surface area contributed by atoms with Gasteiger partial charge in [0.2, 0.25) is 5.91 Å². The predicted octanol–water partition coefficient (Wildman–Crippen LogP) is 2.46. The zero-order chi connectivity index (χ0) is 14.1. The van der Waals surface area contributed by atoms with E-state index in [1.165, 1.54) is 9.13 Å². The first kappa shape index (κ1) is 16.2. The van der Waals surface area contributed by atoms with Crippen LogP contribution in [0.25, 0.3) is 0 Å². The molecule has 0 aliphatic carbocycles. The Hall–Kier alpha value is -0.880. The highest BCUT2D eigenvalue weighted by atomic mass is 127. The van der Waals surface area contributed by atoms with Crippen LogP contribution in [0, 0.1) is 3.57 Å². The van der Waals surface area contributed by atoms with E-state index in [1.807, 2.05) is 6.08 Å². The Labute approximate surface area is 129 Å². The van der Waals surface area contributed by atoms with E-state index in [0.717, 1.165) is 25.9 Å². The number of carbonyl (C=O) groups is 1. The average molecular weight is 372 g/mol. The van der Waals surface area contributed by atoms with E-state index >= 15 is 0 Å². The first-order chi connectivity index (χ1) is 9.09. The number of likely N-dealkylation sites (N-methyl/N-ethyl adjacent to an activating group) is 1. The van der Waals surface area contributed by atoms with Crippen LogP contribution < -0.4 is 5.32 Å². The van der Waals surface area contributed by atoms with Crippen LogP contribution >= 0.6 is 22.6 Å². The van der Waals surface area contributed by atoms with Crippen molar-refractivity contribution in [1.29, 1.82) is 0 Å². The molecule has 3 nitrogen and oxygen atoms in total. The van der Waals surface area contributed by atoms with Gasteiger partial charge in [0, 0.05) is 30.3 Å². The molecule has 0 aliphatic heterocycles. The summed E-state index contributed by atoms with van der Waals surface area (Å²) in [6, 6.07) is 8.63. The van der Waals surface area contributed by atoms with E-state index in [1.54, 1.807) is 25.1 Å². The SMILES string of the molecule is CN(C)C(=O)C=CCNCCCc1ccc(I)cc1. The molecule has 0 fully saturated rings. The molecule has 0 atom stereocenters. The molecule has 0 bridgehead atoms. The fourth-order valence-corrected chi connectivity index (χ4v) is 1.92. The maximum atomic E-state index is 11.3. The predicted molar refractivity (Wildman–Crippen MR) is 88.2 cm³/mol. The van der Waals surface area contributed by atoms with E-state index in [-0.39, 0.29) is 5.91 Å². The zero-order valence-electron chi connectivity index (χ0n) is 11.5. The molecule has 0 unspecified atom stereocenters. The van der Waals surface area contributed by atoms with Crippen LogP contribution in [0.3, 0.4) is 0 Å². The minimum absolute atomic E-state index is 0.0284. The summed E-state index contributed by atoms with van der Waals surface area (Å²) in [5, 5.41) is 3.30. The minimum atomic E-state index is 0.0284. The van der Waals surface area contributed by atoms with Crippen LogP contribution in [-0.2, 0) is 11.2 Å². The van der Waals surface area contributed by atoms with Crippen molar-refractivity contribution in [2.45, 2.75) is 12.8 Å². The van der Waals surface area contributed by atoms with Crippen molar-refractivity contribution in [3.8, 4) is 0 Å². The summed E-state index contributed by atoms with van der Waals surface area (Å²) >= 11 is 2.32. The van der Waals surface area contributed by atoms with Gasteiger partial charge < -0.3 is 10.2 Å². The van der Waals surface area contributed by atoms with Gasteiger partial charge in [0.15, 0.2) is 0 Å². The number of carbonyl (C=O) groups excluding carboxylic acids is 1. The molecule has 0 radical (unpaired) electrons. The monoisotopic (exact) mass is 372 g/mol. The van der Waals surface area contributed by atoms with Crippen LogP contribution in [-0.4, -0.2) is 38.0 Å². The summed E-state index contributed by atoms with van der Waals surface area (Å²) < 4.78 is 1.27. The van der Waals surface area contributed by atoms with Crippen molar-refractivity contribution in [2.75, 3.05) is 27.2 Å². The molecule has 0 aromatic heterocycles. The molecule has 19 heavy (non-hydrogen) atoms. The number of nitrogens with one attached hydrogen (secondary N) is 1. The van der Waals surface area contributed by atoms with Crippen LogP contribution in [0.2, 0.25) is 0 Å². The molecule has 1 N–H and O–H groups in total. The molecule has 1 aromatic rings. The Morgan fingerprint density at radius 2 is 2.00 bits per heavy atom. The summed E-state index contributed by atoms with van der Waals surface area (Å²) in [7, 11) is 3.50. The van der Waals surface area contributed by atoms with Crippen LogP contribution in [0.5, 0.6) is 0 Å². The van der Waals surface area contributed by atoms with Gasteiger partial charge in [0.1, 0.15) is 0 Å². The summed E-state index contributed by atoms with van der Waals surface area (Å²) in [5.41, 5.74) is 1.38. The Bertz CT molecular complexity index is 413. The third-order valence-electron chi connectivity index (χ3n) is 2.70. The second-order valence-corrected chi connectivity index (χ2v) is 5.81. The van der Waals surface area contributed by atoms with Gasteiger partial charge in [-0.15, -0.1) is 0 Å². The van der Waals surface area contributed by atoms with Gasteiger partial charge in [-0.05, 0) is 59.7 Å². The van der Waals surface area contributed by atoms with Crippen molar-refractivity contribution >= 4 is 28.5 Å². The fraction of sp³-hybridized carbons (Fsp3) is 0.400. The average Bonchev–Trinajstić information content (AvgIpc) is 2.39. The van der Waals surface area contributed by atoms with Crippen LogP contribution in [0.4, 0.5) is 0 Å². The van der Waals surface area contributed by atoms with E-state index < -0.39 is 0 Å². The van der Waals surface area contributed by atoms with Crippen LogP contribution in [0.15, 0.2) is 36.4 Å². The van der Waals surface area contributed by atoms with Gasteiger partial charge in [-0.3, -0.25) is 4.79 Å². The fourth-order valence-electron chi connectivity index (χ4n) is 1.56. The van der Waals surface area contributed by atoms with Gasteiger partial charge in [-0.2, -0.15) is 0 Å². The number of nitrogens with zero attached hydrogens (tertiary/aromatic N) is 1. The normalized spacial score (nSPS) is 10.9. The van der Waals surface area contributed by atoms with Gasteiger partial charge in [-0.1, -0.05) is 18.2 Å². The summed E-state index contributed by atoms with van der Waals surface area (Å²) in [6.45, 7) is 1.71. The Morgan fingerprint density at radius 3 is 2.63 bits per heavy atom. The van der Waals surface area contributed by atoms with Crippen LogP contribution in [0.1, 0.15) is 12.0 Å². The molecule has 104 valence electrons.